The van der Waals surface area contributed by atoms with E-state index in [4.69, 9.17) is 0 Å². The summed E-state index contributed by atoms with van der Waals surface area (Å²) in [6.45, 7) is 2.37. The van der Waals surface area contributed by atoms with Crippen molar-refractivity contribution in [3.8, 4) is 0 Å². The molecule has 0 aromatic heterocycles. The second kappa shape index (κ2) is 3.62. The average Bonchev–Trinajstić information content (AvgIpc) is 2.17. The number of benzene rings is 1. The van der Waals surface area contributed by atoms with Crippen LogP contribution in [0.15, 0.2) is 24.3 Å². The van der Waals surface area contributed by atoms with Crippen molar-refractivity contribution in [2.75, 3.05) is 6.54 Å². The first-order chi connectivity index (χ1) is 6.75. The normalized spacial score (nSPS) is 14.2. The van der Waals surface area contributed by atoms with Gasteiger partial charge in [0, 0.05) is 18.9 Å². The standard InChI is InChI=1S/C11H12N2O/c1-9(14)12-13-7-6-10-4-2-3-5-11(10)8-13/h2-5,8H,6-7H2,1H3/p+1. The van der Waals surface area contributed by atoms with Crippen molar-refractivity contribution in [2.45, 2.75) is 13.3 Å². The van der Waals surface area contributed by atoms with Crippen molar-refractivity contribution in [1.82, 2.24) is 5.43 Å². The van der Waals surface area contributed by atoms with Gasteiger partial charge in [-0.05, 0) is 11.6 Å². The summed E-state index contributed by atoms with van der Waals surface area (Å²) < 4.78 is 1.84. The molecule has 0 fully saturated rings. The highest BCUT2D eigenvalue weighted by atomic mass is 16.2. The predicted octanol–water partition coefficient (Wildman–Crippen LogP) is 0.725. The molecule has 3 heteroatoms. The van der Waals surface area contributed by atoms with Crippen molar-refractivity contribution in [2.24, 2.45) is 0 Å². The Labute approximate surface area is 83.0 Å². The molecular weight excluding hydrogens is 176 g/mol. The number of hydrogen-bond donors (Lipinski definition) is 1. The SMILES string of the molecule is CC(=O)N[N+]1=Cc2ccccc2CC1. The molecule has 1 aromatic carbocycles. The number of hydrogen-bond acceptors (Lipinski definition) is 1. The lowest BCUT2D eigenvalue weighted by molar-refractivity contribution is -0.570. The Hall–Kier alpha value is -1.64. The van der Waals surface area contributed by atoms with Gasteiger partial charge in [0.15, 0.2) is 6.54 Å². The van der Waals surface area contributed by atoms with Gasteiger partial charge >= 0.3 is 0 Å². The Balaban J connectivity index is 2.26. The van der Waals surface area contributed by atoms with Gasteiger partial charge in [-0.2, -0.15) is 0 Å². The largest absolute Gasteiger partial charge is 0.271 e. The smallest absolute Gasteiger partial charge is 0.270 e. The van der Waals surface area contributed by atoms with Crippen LogP contribution in [0, 0.1) is 0 Å². The van der Waals surface area contributed by atoms with E-state index in [-0.39, 0.29) is 5.91 Å². The summed E-state index contributed by atoms with van der Waals surface area (Å²) in [5.74, 6) is -0.0272. The number of rotatable bonds is 1. The number of amides is 1. The monoisotopic (exact) mass is 189 g/mol. The van der Waals surface area contributed by atoms with Crippen LogP contribution in [0.2, 0.25) is 0 Å². The molecule has 0 aliphatic carbocycles. The zero-order valence-electron chi connectivity index (χ0n) is 8.16. The van der Waals surface area contributed by atoms with Crippen LogP contribution in [0.4, 0.5) is 0 Å². The summed E-state index contributed by atoms with van der Waals surface area (Å²) in [7, 11) is 0. The summed E-state index contributed by atoms with van der Waals surface area (Å²) in [4.78, 5) is 10.9. The third-order valence-corrected chi connectivity index (χ3v) is 2.27. The van der Waals surface area contributed by atoms with E-state index in [2.05, 4.69) is 17.6 Å². The van der Waals surface area contributed by atoms with Crippen molar-refractivity contribution < 1.29 is 9.48 Å². The van der Waals surface area contributed by atoms with E-state index in [1.807, 2.05) is 23.0 Å². The molecule has 0 spiro atoms. The van der Waals surface area contributed by atoms with Gasteiger partial charge < -0.3 is 0 Å². The van der Waals surface area contributed by atoms with Crippen LogP contribution >= 0.6 is 0 Å². The van der Waals surface area contributed by atoms with E-state index >= 15 is 0 Å². The van der Waals surface area contributed by atoms with E-state index in [0.717, 1.165) is 13.0 Å². The zero-order valence-corrected chi connectivity index (χ0v) is 8.16. The number of nitrogens with one attached hydrogen (secondary N) is 1. The second-order valence-corrected chi connectivity index (χ2v) is 3.44. The minimum Gasteiger partial charge on any atom is -0.270 e. The lowest BCUT2D eigenvalue weighted by atomic mass is 10.0. The van der Waals surface area contributed by atoms with Gasteiger partial charge in [-0.15, -0.1) is 10.1 Å². The number of fused-ring (bicyclic) bond motifs is 1. The number of carbonyl (C=O) groups excluding carboxylic acids is 1. The van der Waals surface area contributed by atoms with Gasteiger partial charge in [-0.25, -0.2) is 0 Å². The first kappa shape index (κ1) is 8.94. The summed E-state index contributed by atoms with van der Waals surface area (Å²) in [5, 5.41) is 0. The highest BCUT2D eigenvalue weighted by molar-refractivity contribution is 5.79. The molecule has 72 valence electrons. The third kappa shape index (κ3) is 1.82. The van der Waals surface area contributed by atoms with E-state index in [1.165, 1.54) is 18.1 Å². The Kier molecular flexibility index (Phi) is 2.31. The molecule has 0 bridgehead atoms. The van der Waals surface area contributed by atoms with Crippen LogP contribution in [0.25, 0.3) is 0 Å². The van der Waals surface area contributed by atoms with Crippen LogP contribution in [0.5, 0.6) is 0 Å². The predicted molar refractivity (Wildman–Crippen MR) is 54.3 cm³/mol. The molecule has 2 rings (SSSR count). The van der Waals surface area contributed by atoms with Crippen molar-refractivity contribution in [3.63, 3.8) is 0 Å². The molecular formula is C11H13N2O+. The Morgan fingerprint density at radius 1 is 1.43 bits per heavy atom. The number of carbonyl (C=O) groups is 1. The van der Waals surface area contributed by atoms with Gasteiger partial charge in [0.05, 0.1) is 0 Å². The maximum absolute atomic E-state index is 10.9. The molecule has 0 saturated heterocycles. The van der Waals surface area contributed by atoms with Gasteiger partial charge in [0.25, 0.3) is 5.91 Å². The summed E-state index contributed by atoms with van der Waals surface area (Å²) in [5.41, 5.74) is 5.29. The molecule has 0 saturated carbocycles. The third-order valence-electron chi connectivity index (χ3n) is 2.27. The summed E-state index contributed by atoms with van der Waals surface area (Å²) >= 11 is 0. The number of hydrazone groups is 1. The topological polar surface area (TPSA) is 32.1 Å². The first-order valence-electron chi connectivity index (χ1n) is 4.72. The first-order valence-corrected chi connectivity index (χ1v) is 4.72. The molecule has 0 atom stereocenters. The van der Waals surface area contributed by atoms with E-state index in [0.29, 0.717) is 0 Å². The fourth-order valence-corrected chi connectivity index (χ4v) is 1.65. The van der Waals surface area contributed by atoms with Crippen molar-refractivity contribution in [3.05, 3.63) is 35.4 Å². The van der Waals surface area contributed by atoms with Gasteiger partial charge in [0.1, 0.15) is 0 Å². The highest BCUT2D eigenvalue weighted by Crippen LogP contribution is 2.10. The van der Waals surface area contributed by atoms with Crippen LogP contribution < -0.4 is 5.43 Å². The fourth-order valence-electron chi connectivity index (χ4n) is 1.65. The Morgan fingerprint density at radius 2 is 2.21 bits per heavy atom. The summed E-state index contributed by atoms with van der Waals surface area (Å²) in [6, 6.07) is 8.23. The molecule has 1 aromatic rings. The van der Waals surface area contributed by atoms with Crippen LogP contribution in [0.1, 0.15) is 18.1 Å². The molecule has 1 heterocycles. The lowest BCUT2D eigenvalue weighted by Gasteiger charge is -2.10. The summed E-state index contributed by atoms with van der Waals surface area (Å²) in [6.07, 6.45) is 2.95. The van der Waals surface area contributed by atoms with E-state index in [1.54, 1.807) is 0 Å². The number of nitrogens with zero attached hydrogens (tertiary/aromatic N) is 1. The van der Waals surface area contributed by atoms with E-state index in [9.17, 15) is 4.79 Å². The molecule has 1 amide bonds. The van der Waals surface area contributed by atoms with Gasteiger partial charge in [-0.1, -0.05) is 18.2 Å². The van der Waals surface area contributed by atoms with Crippen molar-refractivity contribution in [1.29, 1.82) is 0 Å². The maximum atomic E-state index is 10.9. The van der Waals surface area contributed by atoms with Crippen LogP contribution in [-0.4, -0.2) is 23.4 Å². The quantitative estimate of drug-likeness (QED) is 0.649. The highest BCUT2D eigenvalue weighted by Gasteiger charge is 2.15. The molecule has 1 aliphatic heterocycles. The maximum Gasteiger partial charge on any atom is 0.271 e. The minimum atomic E-state index is -0.0272. The second-order valence-electron chi connectivity index (χ2n) is 3.44. The van der Waals surface area contributed by atoms with Gasteiger partial charge in [-0.3, -0.25) is 4.79 Å². The molecule has 1 N–H and O–H groups in total. The average molecular weight is 189 g/mol. The Morgan fingerprint density at radius 3 is 3.00 bits per heavy atom. The molecule has 0 radical (unpaired) electrons. The number of hydrazine groups is 1. The zero-order chi connectivity index (χ0) is 9.97. The van der Waals surface area contributed by atoms with E-state index < -0.39 is 0 Å². The molecule has 14 heavy (non-hydrogen) atoms. The van der Waals surface area contributed by atoms with Crippen LogP contribution in [0.3, 0.4) is 0 Å². The van der Waals surface area contributed by atoms with Gasteiger partial charge in [0.2, 0.25) is 6.21 Å². The molecule has 3 nitrogen and oxygen atoms in total. The lowest BCUT2D eigenvalue weighted by Crippen LogP contribution is -2.37. The van der Waals surface area contributed by atoms with Crippen LogP contribution in [-0.2, 0) is 11.2 Å². The molecule has 1 aliphatic rings. The Bertz CT molecular complexity index is 396. The fraction of sp³-hybridized carbons (Fsp3) is 0.273. The minimum absolute atomic E-state index is 0.0272. The molecule has 0 unspecified atom stereocenters. The van der Waals surface area contributed by atoms with Crippen molar-refractivity contribution >= 4 is 12.1 Å².